The molecule has 0 saturated heterocycles. The molecular weight excluding hydrogens is 446 g/mol. The predicted molar refractivity (Wildman–Crippen MR) is 129 cm³/mol. The van der Waals surface area contributed by atoms with Crippen molar-refractivity contribution >= 4 is 46.0 Å². The number of hydrogen-bond donors (Lipinski definition) is 1. The Morgan fingerprint density at radius 1 is 1.19 bits per heavy atom. The van der Waals surface area contributed by atoms with Gasteiger partial charge in [-0.3, -0.25) is 18.8 Å². The fourth-order valence-electron chi connectivity index (χ4n) is 3.20. The van der Waals surface area contributed by atoms with E-state index >= 15 is 0 Å². The number of carbonyl (C=O) groups is 1. The van der Waals surface area contributed by atoms with Gasteiger partial charge < -0.3 is 5.32 Å². The maximum absolute atomic E-state index is 13.2. The highest BCUT2D eigenvalue weighted by Gasteiger charge is 2.16. The van der Waals surface area contributed by atoms with E-state index in [2.05, 4.69) is 15.4 Å². The zero-order valence-electron chi connectivity index (χ0n) is 17.7. The molecule has 164 valence electrons. The summed E-state index contributed by atoms with van der Waals surface area (Å²) in [6.07, 6.45) is 1.75. The van der Waals surface area contributed by atoms with Gasteiger partial charge in [0.1, 0.15) is 5.52 Å². The highest BCUT2D eigenvalue weighted by atomic mass is 35.5. The van der Waals surface area contributed by atoms with E-state index < -0.39 is 0 Å². The van der Waals surface area contributed by atoms with Gasteiger partial charge in [0.25, 0.3) is 5.56 Å². The van der Waals surface area contributed by atoms with Crippen LogP contribution in [-0.2, 0) is 17.9 Å². The van der Waals surface area contributed by atoms with E-state index in [4.69, 9.17) is 11.6 Å². The van der Waals surface area contributed by atoms with Crippen LogP contribution in [-0.4, -0.2) is 31.0 Å². The Morgan fingerprint density at radius 3 is 2.69 bits per heavy atom. The first kappa shape index (κ1) is 22.1. The smallest absolute Gasteiger partial charge is 0.282 e. The summed E-state index contributed by atoms with van der Waals surface area (Å²) < 4.78 is 3.27. The van der Waals surface area contributed by atoms with Crippen molar-refractivity contribution in [3.63, 3.8) is 0 Å². The highest BCUT2D eigenvalue weighted by Crippen LogP contribution is 2.20. The van der Waals surface area contributed by atoms with E-state index in [1.807, 2.05) is 38.1 Å². The quantitative estimate of drug-likeness (QED) is 0.322. The Bertz CT molecular complexity index is 1330. The molecule has 1 N–H and O–H groups in total. The number of aryl methyl sites for hydroxylation is 2. The average Bonchev–Trinajstić information content (AvgIpc) is 3.19. The summed E-state index contributed by atoms with van der Waals surface area (Å²) in [5.74, 6) is -0.113. The molecule has 0 bridgehead atoms. The minimum absolute atomic E-state index is 0.0975. The molecule has 4 rings (SSSR count). The zero-order chi connectivity index (χ0) is 22.7. The fourth-order valence-corrected chi connectivity index (χ4v) is 4.19. The van der Waals surface area contributed by atoms with Gasteiger partial charge in [-0.15, -0.1) is 0 Å². The van der Waals surface area contributed by atoms with Crippen molar-refractivity contribution in [1.29, 1.82) is 0 Å². The summed E-state index contributed by atoms with van der Waals surface area (Å²) in [5, 5.41) is 8.20. The molecule has 0 atom stereocenters. The molecule has 0 spiro atoms. The number of amides is 1. The molecule has 2 aromatic carbocycles. The van der Waals surface area contributed by atoms with Crippen LogP contribution < -0.4 is 10.9 Å². The molecular formula is C23H22ClN5O2S. The molecule has 2 aromatic heterocycles. The third kappa shape index (κ3) is 5.03. The van der Waals surface area contributed by atoms with Crippen LogP contribution in [0.2, 0.25) is 5.02 Å². The van der Waals surface area contributed by atoms with Crippen molar-refractivity contribution in [2.75, 3.05) is 11.1 Å². The summed E-state index contributed by atoms with van der Waals surface area (Å²) >= 11 is 7.20. The van der Waals surface area contributed by atoms with Gasteiger partial charge in [0.2, 0.25) is 5.91 Å². The predicted octanol–water partition coefficient (Wildman–Crippen LogP) is 4.35. The number of nitrogens with zero attached hydrogens (tertiary/aromatic N) is 4. The number of benzene rings is 2. The van der Waals surface area contributed by atoms with Crippen molar-refractivity contribution in [1.82, 2.24) is 19.3 Å². The number of thioether (sulfide) groups is 1. The van der Waals surface area contributed by atoms with E-state index in [-0.39, 0.29) is 17.2 Å². The van der Waals surface area contributed by atoms with Crippen molar-refractivity contribution < 1.29 is 4.79 Å². The first-order valence-corrected chi connectivity index (χ1v) is 11.5. The minimum atomic E-state index is -0.222. The SMILES string of the molecule is CCn1cc2nc(SCC(=O)Nc3cccc(Cl)c3)n(Cc3ccc(C)cc3)c(=O)c2n1. The van der Waals surface area contributed by atoms with Crippen LogP contribution in [0.25, 0.3) is 11.0 Å². The number of aromatic nitrogens is 4. The van der Waals surface area contributed by atoms with E-state index in [1.165, 1.54) is 11.8 Å². The van der Waals surface area contributed by atoms with Gasteiger partial charge in [0.05, 0.1) is 18.5 Å². The lowest BCUT2D eigenvalue weighted by molar-refractivity contribution is -0.113. The fraction of sp³-hybridized carbons (Fsp3) is 0.217. The molecule has 0 aliphatic carbocycles. The molecule has 0 radical (unpaired) electrons. The first-order chi connectivity index (χ1) is 15.4. The lowest BCUT2D eigenvalue weighted by Gasteiger charge is -2.12. The highest BCUT2D eigenvalue weighted by molar-refractivity contribution is 7.99. The molecule has 1 amide bonds. The second kappa shape index (κ2) is 9.58. The van der Waals surface area contributed by atoms with Crippen LogP contribution in [0.3, 0.4) is 0 Å². The van der Waals surface area contributed by atoms with Crippen molar-refractivity contribution in [2.45, 2.75) is 32.1 Å². The number of rotatable bonds is 7. The third-order valence-electron chi connectivity index (χ3n) is 4.86. The molecule has 4 aromatic rings. The minimum Gasteiger partial charge on any atom is -0.325 e. The Balaban J connectivity index is 1.62. The maximum Gasteiger partial charge on any atom is 0.282 e. The van der Waals surface area contributed by atoms with Crippen molar-refractivity contribution in [3.8, 4) is 0 Å². The first-order valence-electron chi connectivity index (χ1n) is 10.1. The van der Waals surface area contributed by atoms with Gasteiger partial charge in [-0.1, -0.05) is 59.3 Å². The number of carbonyl (C=O) groups excluding carboxylic acids is 1. The second-order valence-electron chi connectivity index (χ2n) is 7.34. The zero-order valence-corrected chi connectivity index (χ0v) is 19.3. The third-order valence-corrected chi connectivity index (χ3v) is 6.07. The molecule has 9 heteroatoms. The van der Waals surface area contributed by atoms with Crippen LogP contribution in [0.1, 0.15) is 18.1 Å². The summed E-state index contributed by atoms with van der Waals surface area (Å²) in [4.78, 5) is 30.4. The summed E-state index contributed by atoms with van der Waals surface area (Å²) in [6, 6.07) is 14.9. The number of anilines is 1. The van der Waals surface area contributed by atoms with Gasteiger partial charge >= 0.3 is 0 Å². The molecule has 0 aliphatic rings. The van der Waals surface area contributed by atoms with Gasteiger partial charge in [-0.05, 0) is 37.6 Å². The van der Waals surface area contributed by atoms with Gasteiger partial charge in [0.15, 0.2) is 10.7 Å². The maximum atomic E-state index is 13.2. The summed E-state index contributed by atoms with van der Waals surface area (Å²) in [5.41, 5.74) is 3.36. The van der Waals surface area contributed by atoms with Crippen molar-refractivity contribution in [2.24, 2.45) is 0 Å². The molecule has 32 heavy (non-hydrogen) atoms. The van der Waals surface area contributed by atoms with Crippen LogP contribution in [0.15, 0.2) is 64.7 Å². The Labute approximate surface area is 194 Å². The largest absolute Gasteiger partial charge is 0.325 e. The number of nitrogens with one attached hydrogen (secondary N) is 1. The standard InChI is InChI=1S/C23H22ClN5O2S/c1-3-28-13-19-21(27-28)22(31)29(12-16-9-7-15(2)8-10-16)23(26-19)32-14-20(30)25-18-6-4-5-17(24)11-18/h4-11,13H,3,12,14H2,1-2H3,(H,25,30). The van der Waals surface area contributed by atoms with Gasteiger partial charge in [-0.25, -0.2) is 4.98 Å². The topological polar surface area (TPSA) is 81.8 Å². The molecule has 7 nitrogen and oxygen atoms in total. The summed E-state index contributed by atoms with van der Waals surface area (Å²) in [6.45, 7) is 4.95. The summed E-state index contributed by atoms with van der Waals surface area (Å²) in [7, 11) is 0. The number of fused-ring (bicyclic) bond motifs is 1. The Hall–Kier alpha value is -3.10. The van der Waals surface area contributed by atoms with Crippen LogP contribution in [0, 0.1) is 6.92 Å². The number of hydrogen-bond acceptors (Lipinski definition) is 5. The van der Waals surface area contributed by atoms with E-state index in [0.717, 1.165) is 11.1 Å². The molecule has 0 aliphatic heterocycles. The van der Waals surface area contributed by atoms with Gasteiger partial charge in [-0.2, -0.15) is 5.10 Å². The normalized spacial score (nSPS) is 11.1. The van der Waals surface area contributed by atoms with Crippen molar-refractivity contribution in [3.05, 3.63) is 81.2 Å². The van der Waals surface area contributed by atoms with Crippen LogP contribution in [0.4, 0.5) is 5.69 Å². The second-order valence-corrected chi connectivity index (χ2v) is 8.72. The Kier molecular flexibility index (Phi) is 6.62. The van der Waals surface area contributed by atoms with E-state index in [0.29, 0.717) is 40.0 Å². The lowest BCUT2D eigenvalue weighted by atomic mass is 10.1. The molecule has 0 unspecified atom stereocenters. The average molecular weight is 468 g/mol. The Morgan fingerprint density at radius 2 is 1.97 bits per heavy atom. The van der Waals surface area contributed by atoms with E-state index in [9.17, 15) is 9.59 Å². The lowest BCUT2D eigenvalue weighted by Crippen LogP contribution is -2.25. The van der Waals surface area contributed by atoms with Gasteiger partial charge in [0, 0.05) is 17.3 Å². The van der Waals surface area contributed by atoms with Crippen LogP contribution >= 0.6 is 23.4 Å². The molecule has 2 heterocycles. The molecule has 0 saturated carbocycles. The van der Waals surface area contributed by atoms with Crippen LogP contribution in [0.5, 0.6) is 0 Å². The van der Waals surface area contributed by atoms with E-state index in [1.54, 1.807) is 39.7 Å². The monoisotopic (exact) mass is 467 g/mol. The molecule has 0 fully saturated rings. The number of halogens is 1.